The van der Waals surface area contributed by atoms with E-state index in [9.17, 15) is 18.0 Å². The molecule has 4 atom stereocenters. The number of carbonyl (C=O) groups is 1. The molecule has 0 saturated heterocycles. The van der Waals surface area contributed by atoms with Gasteiger partial charge < -0.3 is 15.4 Å². The summed E-state index contributed by atoms with van der Waals surface area (Å²) in [6, 6.07) is 0.420. The monoisotopic (exact) mass is 442 g/mol. The second kappa shape index (κ2) is 9.72. The topological polar surface area (TPSA) is 50.4 Å². The standard InChI is InChI=1S/C24H37F3N2O2/c1-31-22(16-7-9-18(10-8-16)24(25,26)27)12-6-15-5-11-20-19(13-15)21(14-28-20)29-23(30)17-3-2-4-17/h14-20,22,28H,2-13H2,1H3,(H,29,30). The fourth-order valence-electron chi connectivity index (χ4n) is 6.17. The van der Waals surface area contributed by atoms with Gasteiger partial charge >= 0.3 is 6.18 Å². The molecule has 0 aromatic heterocycles. The SMILES string of the molecule is COC(CCC1CCC2NC=C(NC(=O)C3CCC3)C2C1)C1CCC(C(F)(F)F)CC1. The normalized spacial score (nSPS) is 34.8. The van der Waals surface area contributed by atoms with Crippen molar-refractivity contribution in [2.24, 2.45) is 29.6 Å². The van der Waals surface area contributed by atoms with Crippen molar-refractivity contribution < 1.29 is 22.7 Å². The number of nitrogens with one attached hydrogen (secondary N) is 2. The number of carbonyl (C=O) groups excluding carboxylic acids is 1. The van der Waals surface area contributed by atoms with E-state index in [0.717, 1.165) is 57.1 Å². The van der Waals surface area contributed by atoms with Crippen molar-refractivity contribution in [1.82, 2.24) is 10.6 Å². The van der Waals surface area contributed by atoms with Crippen LogP contribution in [0.3, 0.4) is 0 Å². The highest BCUT2D eigenvalue weighted by atomic mass is 19.4. The Hall–Kier alpha value is -1.24. The third-order valence-electron chi connectivity index (χ3n) is 8.48. The second-order valence-corrected chi connectivity index (χ2v) is 10.3. The van der Waals surface area contributed by atoms with Crippen LogP contribution < -0.4 is 10.6 Å². The van der Waals surface area contributed by atoms with E-state index in [0.29, 0.717) is 30.7 Å². The lowest BCUT2D eigenvalue weighted by Gasteiger charge is -2.36. The summed E-state index contributed by atoms with van der Waals surface area (Å²) in [5.41, 5.74) is 1.06. The molecule has 1 aliphatic heterocycles. The molecule has 0 spiro atoms. The number of halogens is 3. The molecule has 0 radical (unpaired) electrons. The van der Waals surface area contributed by atoms with Crippen molar-refractivity contribution >= 4 is 5.91 Å². The maximum Gasteiger partial charge on any atom is 0.391 e. The third kappa shape index (κ3) is 5.40. The van der Waals surface area contributed by atoms with Gasteiger partial charge in [0.25, 0.3) is 0 Å². The molecular formula is C24H37F3N2O2. The van der Waals surface area contributed by atoms with Gasteiger partial charge in [0, 0.05) is 36.9 Å². The molecule has 1 amide bonds. The molecule has 3 saturated carbocycles. The summed E-state index contributed by atoms with van der Waals surface area (Å²) in [6.07, 6.45) is 8.16. The molecule has 4 nitrogen and oxygen atoms in total. The van der Waals surface area contributed by atoms with E-state index in [4.69, 9.17) is 4.74 Å². The molecule has 4 aliphatic rings. The van der Waals surface area contributed by atoms with E-state index in [1.54, 1.807) is 7.11 Å². The number of alkyl halides is 3. The van der Waals surface area contributed by atoms with Gasteiger partial charge in [-0.05, 0) is 82.5 Å². The minimum Gasteiger partial charge on any atom is -0.386 e. The van der Waals surface area contributed by atoms with Crippen LogP contribution in [0.15, 0.2) is 11.9 Å². The molecule has 0 bridgehead atoms. The van der Waals surface area contributed by atoms with Gasteiger partial charge in [-0.2, -0.15) is 13.2 Å². The van der Waals surface area contributed by atoms with E-state index in [1.165, 1.54) is 0 Å². The molecule has 1 heterocycles. The highest BCUT2D eigenvalue weighted by Crippen LogP contribution is 2.43. The zero-order valence-corrected chi connectivity index (χ0v) is 18.6. The number of hydrogen-bond acceptors (Lipinski definition) is 3. The van der Waals surface area contributed by atoms with Gasteiger partial charge in [-0.1, -0.05) is 6.42 Å². The second-order valence-electron chi connectivity index (χ2n) is 10.3. The van der Waals surface area contributed by atoms with E-state index in [-0.39, 0.29) is 36.7 Å². The van der Waals surface area contributed by atoms with Gasteiger partial charge in [-0.15, -0.1) is 0 Å². The molecule has 31 heavy (non-hydrogen) atoms. The number of fused-ring (bicyclic) bond motifs is 1. The fraction of sp³-hybridized carbons (Fsp3) is 0.875. The zero-order chi connectivity index (χ0) is 22.0. The summed E-state index contributed by atoms with van der Waals surface area (Å²) in [7, 11) is 1.70. The Balaban J connectivity index is 1.24. The van der Waals surface area contributed by atoms with Crippen LogP contribution in [0.4, 0.5) is 13.2 Å². The van der Waals surface area contributed by atoms with Crippen molar-refractivity contribution in [2.45, 2.75) is 95.4 Å². The molecule has 0 aromatic carbocycles. The molecule has 4 unspecified atom stereocenters. The van der Waals surface area contributed by atoms with Gasteiger partial charge in [0.1, 0.15) is 0 Å². The van der Waals surface area contributed by atoms with Crippen LogP contribution in [0.2, 0.25) is 0 Å². The van der Waals surface area contributed by atoms with E-state index < -0.39 is 12.1 Å². The minimum absolute atomic E-state index is 0.0574. The molecule has 4 rings (SSSR count). The number of methoxy groups -OCH3 is 1. The first-order valence-electron chi connectivity index (χ1n) is 12.2. The summed E-state index contributed by atoms with van der Waals surface area (Å²) in [4.78, 5) is 12.4. The lowest BCUT2D eigenvalue weighted by molar-refractivity contribution is -0.186. The Labute approximate surface area is 183 Å². The summed E-state index contributed by atoms with van der Waals surface area (Å²) >= 11 is 0. The van der Waals surface area contributed by atoms with E-state index >= 15 is 0 Å². The molecule has 2 N–H and O–H groups in total. The maximum atomic E-state index is 13.0. The van der Waals surface area contributed by atoms with E-state index in [1.807, 2.05) is 6.20 Å². The first-order valence-corrected chi connectivity index (χ1v) is 12.2. The quantitative estimate of drug-likeness (QED) is 0.563. The molecule has 3 aliphatic carbocycles. The van der Waals surface area contributed by atoms with Crippen molar-refractivity contribution in [2.75, 3.05) is 7.11 Å². The van der Waals surface area contributed by atoms with Crippen molar-refractivity contribution in [3.8, 4) is 0 Å². The summed E-state index contributed by atoms with van der Waals surface area (Å²) in [6.45, 7) is 0. The predicted molar refractivity (Wildman–Crippen MR) is 113 cm³/mol. The highest BCUT2D eigenvalue weighted by molar-refractivity contribution is 5.81. The average Bonchev–Trinajstić information content (AvgIpc) is 3.09. The Bertz CT molecular complexity index is 654. The molecule has 0 aromatic rings. The van der Waals surface area contributed by atoms with Crippen molar-refractivity contribution in [1.29, 1.82) is 0 Å². The smallest absolute Gasteiger partial charge is 0.386 e. The van der Waals surface area contributed by atoms with Crippen molar-refractivity contribution in [3.05, 3.63) is 11.9 Å². The Morgan fingerprint density at radius 2 is 1.90 bits per heavy atom. The maximum absolute atomic E-state index is 13.0. The van der Waals surface area contributed by atoms with Crippen LogP contribution in [0, 0.1) is 29.6 Å². The van der Waals surface area contributed by atoms with Gasteiger partial charge in [0.05, 0.1) is 12.0 Å². The van der Waals surface area contributed by atoms with Crippen LogP contribution in [0.25, 0.3) is 0 Å². The Kier molecular flexibility index (Phi) is 7.19. The Morgan fingerprint density at radius 1 is 1.16 bits per heavy atom. The number of ether oxygens (including phenoxy) is 1. The molecule has 3 fully saturated rings. The largest absolute Gasteiger partial charge is 0.391 e. The lowest BCUT2D eigenvalue weighted by Crippen LogP contribution is -2.39. The van der Waals surface area contributed by atoms with Gasteiger partial charge in [0.2, 0.25) is 5.91 Å². The van der Waals surface area contributed by atoms with Crippen LogP contribution in [-0.4, -0.2) is 31.3 Å². The number of hydrogen-bond donors (Lipinski definition) is 2. The first kappa shape index (κ1) is 22.9. The summed E-state index contributed by atoms with van der Waals surface area (Å²) in [5.74, 6) is 0.419. The number of rotatable bonds is 7. The molecule has 7 heteroatoms. The number of amides is 1. The average molecular weight is 443 g/mol. The highest BCUT2D eigenvalue weighted by Gasteiger charge is 2.43. The molecular weight excluding hydrogens is 405 g/mol. The van der Waals surface area contributed by atoms with Crippen LogP contribution >= 0.6 is 0 Å². The summed E-state index contributed by atoms with van der Waals surface area (Å²) in [5, 5.41) is 6.65. The van der Waals surface area contributed by atoms with Crippen LogP contribution in [0.1, 0.15) is 77.0 Å². The van der Waals surface area contributed by atoms with Crippen LogP contribution in [0.5, 0.6) is 0 Å². The van der Waals surface area contributed by atoms with Crippen molar-refractivity contribution in [3.63, 3.8) is 0 Å². The Morgan fingerprint density at radius 3 is 2.52 bits per heavy atom. The predicted octanol–water partition coefficient (Wildman–Crippen LogP) is 5.30. The lowest BCUT2D eigenvalue weighted by atomic mass is 9.74. The van der Waals surface area contributed by atoms with Crippen LogP contribution in [-0.2, 0) is 9.53 Å². The zero-order valence-electron chi connectivity index (χ0n) is 18.6. The molecule has 176 valence electrons. The van der Waals surface area contributed by atoms with E-state index in [2.05, 4.69) is 10.6 Å². The van der Waals surface area contributed by atoms with Gasteiger partial charge in [-0.3, -0.25) is 4.79 Å². The third-order valence-corrected chi connectivity index (χ3v) is 8.48. The summed E-state index contributed by atoms with van der Waals surface area (Å²) < 4.78 is 44.6. The minimum atomic E-state index is -4.05. The first-order chi connectivity index (χ1) is 14.8. The van der Waals surface area contributed by atoms with Gasteiger partial charge in [-0.25, -0.2) is 0 Å². The fourth-order valence-corrected chi connectivity index (χ4v) is 6.17. The van der Waals surface area contributed by atoms with Gasteiger partial charge in [0.15, 0.2) is 0 Å².